The van der Waals surface area contributed by atoms with Gasteiger partial charge in [0.1, 0.15) is 0 Å². The molecule has 0 saturated heterocycles. The summed E-state index contributed by atoms with van der Waals surface area (Å²) in [7, 11) is 0. The topological polar surface area (TPSA) is 72.7 Å². The number of nitrogens with one attached hydrogen (secondary N) is 1. The summed E-state index contributed by atoms with van der Waals surface area (Å²) in [4.78, 5) is 16.7. The molecule has 0 aliphatic heterocycles. The molecule has 4 rings (SSSR count). The van der Waals surface area contributed by atoms with E-state index in [1.54, 1.807) is 6.20 Å². The molecule has 0 bridgehead atoms. The van der Waals surface area contributed by atoms with E-state index in [4.69, 9.17) is 11.6 Å². The van der Waals surface area contributed by atoms with Crippen LogP contribution >= 0.6 is 23.4 Å². The predicted molar refractivity (Wildman–Crippen MR) is 124 cm³/mol. The van der Waals surface area contributed by atoms with E-state index in [0.29, 0.717) is 23.5 Å². The molecular weight excluding hydrogens is 430 g/mol. The molecule has 2 atom stereocenters. The van der Waals surface area contributed by atoms with Crippen LogP contribution in [0.5, 0.6) is 0 Å². The number of pyridine rings is 1. The average molecular weight is 456 g/mol. The van der Waals surface area contributed by atoms with Crippen LogP contribution in [-0.2, 0) is 11.3 Å². The number of carbonyl (C=O) groups is 1. The minimum absolute atomic E-state index is 0.0564. The predicted octanol–water partition coefficient (Wildman–Crippen LogP) is 5.15. The van der Waals surface area contributed by atoms with Gasteiger partial charge in [-0.05, 0) is 42.5 Å². The maximum absolute atomic E-state index is 12.5. The molecule has 1 fully saturated rings. The van der Waals surface area contributed by atoms with E-state index in [-0.39, 0.29) is 11.7 Å². The second kappa shape index (κ2) is 10.3. The molecule has 2 aromatic heterocycles. The van der Waals surface area contributed by atoms with Gasteiger partial charge in [-0.1, -0.05) is 61.3 Å². The summed E-state index contributed by atoms with van der Waals surface area (Å²) in [6.07, 6.45) is 8.32. The summed E-state index contributed by atoms with van der Waals surface area (Å²) in [6.45, 7) is 2.70. The smallest absolute Gasteiger partial charge is 0.230 e. The fourth-order valence-electron chi connectivity index (χ4n) is 4.06. The van der Waals surface area contributed by atoms with Gasteiger partial charge in [0.15, 0.2) is 11.0 Å². The van der Waals surface area contributed by atoms with Crippen LogP contribution < -0.4 is 5.32 Å². The average Bonchev–Trinajstić information content (AvgIpc) is 3.22. The summed E-state index contributed by atoms with van der Waals surface area (Å²) in [5.74, 6) is 1.58. The van der Waals surface area contributed by atoms with Crippen molar-refractivity contribution in [1.82, 2.24) is 25.1 Å². The highest BCUT2D eigenvalue weighted by Gasteiger charge is 2.29. The normalized spacial score (nSPS) is 18.6. The Morgan fingerprint density at radius 3 is 2.81 bits per heavy atom. The van der Waals surface area contributed by atoms with Gasteiger partial charge in [0.2, 0.25) is 5.91 Å². The first kappa shape index (κ1) is 21.8. The van der Waals surface area contributed by atoms with E-state index in [9.17, 15) is 4.79 Å². The summed E-state index contributed by atoms with van der Waals surface area (Å²) >= 11 is 7.61. The van der Waals surface area contributed by atoms with E-state index in [1.807, 2.05) is 42.6 Å². The monoisotopic (exact) mass is 455 g/mol. The van der Waals surface area contributed by atoms with Gasteiger partial charge in [0.25, 0.3) is 0 Å². The van der Waals surface area contributed by atoms with Gasteiger partial charge in [-0.2, -0.15) is 0 Å². The lowest BCUT2D eigenvalue weighted by Crippen LogP contribution is -2.26. The zero-order chi connectivity index (χ0) is 21.6. The van der Waals surface area contributed by atoms with Crippen LogP contribution in [0.25, 0.3) is 11.4 Å². The van der Waals surface area contributed by atoms with Crippen LogP contribution in [0.1, 0.15) is 44.2 Å². The number of halogens is 1. The fourth-order valence-corrected chi connectivity index (χ4v) is 5.09. The summed E-state index contributed by atoms with van der Waals surface area (Å²) in [5, 5.41) is 13.3. The quantitative estimate of drug-likeness (QED) is 0.498. The lowest BCUT2D eigenvalue weighted by Gasteiger charge is -2.31. The van der Waals surface area contributed by atoms with Crippen LogP contribution in [0.2, 0.25) is 5.02 Å². The van der Waals surface area contributed by atoms with Gasteiger partial charge < -0.3 is 5.32 Å². The Hall–Kier alpha value is -2.38. The fraction of sp³-hybridized carbons (Fsp3) is 0.391. The van der Waals surface area contributed by atoms with Gasteiger partial charge in [-0.3, -0.25) is 14.3 Å². The molecule has 1 aromatic carbocycles. The molecule has 2 heterocycles. The molecule has 1 N–H and O–H groups in total. The number of hydrogen-bond donors (Lipinski definition) is 1. The van der Waals surface area contributed by atoms with Crippen molar-refractivity contribution >= 4 is 29.3 Å². The molecule has 0 unspecified atom stereocenters. The van der Waals surface area contributed by atoms with Gasteiger partial charge >= 0.3 is 0 Å². The molecule has 8 heteroatoms. The standard InChI is InChI=1S/C23H26ClN5OS/c1-16-7-2-5-11-20(16)29-22(18-9-6-12-25-13-18)27-28-23(29)31-15-21(30)26-14-17-8-3-4-10-19(17)24/h3-4,6,8-10,12-13,16,20H,2,5,7,11,14-15H2,1H3,(H,26,30)/t16-,20-/m0/s1. The van der Waals surface area contributed by atoms with Gasteiger partial charge in [-0.25, -0.2) is 0 Å². The second-order valence-electron chi connectivity index (χ2n) is 7.90. The van der Waals surface area contributed by atoms with Crippen molar-refractivity contribution in [2.45, 2.75) is 50.4 Å². The largest absolute Gasteiger partial charge is 0.351 e. The first-order valence-corrected chi connectivity index (χ1v) is 12.0. The number of benzene rings is 1. The number of amides is 1. The maximum atomic E-state index is 12.5. The van der Waals surface area contributed by atoms with E-state index in [0.717, 1.165) is 28.5 Å². The van der Waals surface area contributed by atoms with E-state index in [2.05, 4.69) is 32.0 Å². The maximum Gasteiger partial charge on any atom is 0.230 e. The minimum Gasteiger partial charge on any atom is -0.351 e. The Labute approximate surface area is 191 Å². The van der Waals surface area contributed by atoms with Gasteiger partial charge in [0, 0.05) is 35.6 Å². The highest BCUT2D eigenvalue weighted by Crippen LogP contribution is 2.38. The Bertz CT molecular complexity index is 1030. The summed E-state index contributed by atoms with van der Waals surface area (Å²) in [5.41, 5.74) is 1.85. The number of thioether (sulfide) groups is 1. The van der Waals surface area contributed by atoms with Crippen LogP contribution in [0.4, 0.5) is 0 Å². The minimum atomic E-state index is -0.0564. The van der Waals surface area contributed by atoms with Crippen molar-refractivity contribution in [1.29, 1.82) is 0 Å². The molecule has 0 radical (unpaired) electrons. The Morgan fingerprint density at radius 2 is 2.03 bits per heavy atom. The first-order chi connectivity index (χ1) is 15.1. The van der Waals surface area contributed by atoms with E-state index >= 15 is 0 Å². The number of carbonyl (C=O) groups excluding carboxylic acids is 1. The van der Waals surface area contributed by atoms with Crippen molar-refractivity contribution in [3.05, 3.63) is 59.4 Å². The van der Waals surface area contributed by atoms with Crippen LogP contribution in [0.15, 0.2) is 53.9 Å². The Balaban J connectivity index is 1.49. The number of nitrogens with zero attached hydrogens (tertiary/aromatic N) is 4. The molecule has 31 heavy (non-hydrogen) atoms. The third kappa shape index (κ3) is 5.28. The van der Waals surface area contributed by atoms with Crippen molar-refractivity contribution in [3.63, 3.8) is 0 Å². The van der Waals surface area contributed by atoms with Crippen molar-refractivity contribution < 1.29 is 4.79 Å². The molecule has 0 spiro atoms. The molecule has 3 aromatic rings. The third-order valence-electron chi connectivity index (χ3n) is 5.75. The first-order valence-electron chi connectivity index (χ1n) is 10.6. The summed E-state index contributed by atoms with van der Waals surface area (Å²) < 4.78 is 2.23. The van der Waals surface area contributed by atoms with E-state index in [1.165, 1.54) is 31.0 Å². The van der Waals surface area contributed by atoms with E-state index < -0.39 is 0 Å². The summed E-state index contributed by atoms with van der Waals surface area (Å²) in [6, 6.07) is 11.8. The van der Waals surface area contributed by atoms with Gasteiger partial charge in [-0.15, -0.1) is 10.2 Å². The van der Waals surface area contributed by atoms with Crippen LogP contribution in [0.3, 0.4) is 0 Å². The molecule has 1 aliphatic rings. The molecule has 6 nitrogen and oxygen atoms in total. The Morgan fingerprint density at radius 1 is 1.19 bits per heavy atom. The van der Waals surface area contributed by atoms with Crippen molar-refractivity contribution in [2.75, 3.05) is 5.75 Å². The number of hydrogen-bond acceptors (Lipinski definition) is 5. The van der Waals surface area contributed by atoms with Crippen LogP contribution in [-0.4, -0.2) is 31.4 Å². The molecule has 162 valence electrons. The zero-order valence-corrected chi connectivity index (χ0v) is 19.1. The van der Waals surface area contributed by atoms with Crippen molar-refractivity contribution in [2.24, 2.45) is 5.92 Å². The lowest BCUT2D eigenvalue weighted by molar-refractivity contribution is -0.118. The lowest BCUT2D eigenvalue weighted by atomic mass is 9.85. The molecule has 1 aliphatic carbocycles. The van der Waals surface area contributed by atoms with Crippen molar-refractivity contribution in [3.8, 4) is 11.4 Å². The Kier molecular flexibility index (Phi) is 7.25. The molecular formula is C23H26ClN5OS. The second-order valence-corrected chi connectivity index (χ2v) is 9.25. The third-order valence-corrected chi connectivity index (χ3v) is 7.06. The number of aromatic nitrogens is 4. The highest BCUT2D eigenvalue weighted by molar-refractivity contribution is 7.99. The molecule has 1 amide bonds. The number of rotatable bonds is 7. The highest BCUT2D eigenvalue weighted by atomic mass is 35.5. The molecule has 1 saturated carbocycles. The van der Waals surface area contributed by atoms with Gasteiger partial charge in [0.05, 0.1) is 5.75 Å². The SMILES string of the molecule is C[C@H]1CCCC[C@@H]1n1c(SCC(=O)NCc2ccccc2Cl)nnc1-c1cccnc1. The van der Waals surface area contributed by atoms with Crippen LogP contribution in [0, 0.1) is 5.92 Å². The zero-order valence-electron chi connectivity index (χ0n) is 17.5.